The molecule has 1 amide bonds. The molecule has 0 aromatic heterocycles. The lowest BCUT2D eigenvalue weighted by molar-refractivity contribution is -0.137. The topological polar surface area (TPSA) is 75.6 Å². The van der Waals surface area contributed by atoms with E-state index in [9.17, 15) is 14.0 Å². The molecule has 1 aromatic carbocycles. The number of rotatable bonds is 8. The second kappa shape index (κ2) is 8.24. The zero-order valence-electron chi connectivity index (χ0n) is 12.1. The van der Waals surface area contributed by atoms with Gasteiger partial charge in [0.05, 0.1) is 0 Å². The van der Waals surface area contributed by atoms with Gasteiger partial charge in [-0.15, -0.1) is 0 Å². The van der Waals surface area contributed by atoms with Gasteiger partial charge in [0.2, 0.25) is 0 Å². The molecule has 0 aliphatic heterocycles. The van der Waals surface area contributed by atoms with Crippen molar-refractivity contribution in [2.24, 2.45) is 0 Å². The molecule has 5 nitrogen and oxygen atoms in total. The third kappa shape index (κ3) is 6.74. The fourth-order valence-electron chi connectivity index (χ4n) is 1.76. The number of nitrogens with one attached hydrogen (secondary N) is 1. The van der Waals surface area contributed by atoms with Crippen LogP contribution in [0.4, 0.5) is 4.39 Å². The van der Waals surface area contributed by atoms with Crippen LogP contribution in [0.5, 0.6) is 5.75 Å². The van der Waals surface area contributed by atoms with Gasteiger partial charge in [0.25, 0.3) is 5.91 Å². The Morgan fingerprint density at radius 2 is 1.90 bits per heavy atom. The van der Waals surface area contributed by atoms with Crippen LogP contribution in [0.3, 0.4) is 0 Å². The van der Waals surface area contributed by atoms with Gasteiger partial charge in [0.1, 0.15) is 11.6 Å². The van der Waals surface area contributed by atoms with E-state index >= 15 is 0 Å². The second-order valence-electron chi connectivity index (χ2n) is 4.91. The van der Waals surface area contributed by atoms with E-state index in [0.717, 1.165) is 0 Å². The summed E-state index contributed by atoms with van der Waals surface area (Å²) in [7, 11) is 0. The van der Waals surface area contributed by atoms with Gasteiger partial charge in [-0.25, -0.2) is 4.39 Å². The molecule has 0 fully saturated rings. The first-order valence-electron chi connectivity index (χ1n) is 6.83. The van der Waals surface area contributed by atoms with Crippen molar-refractivity contribution in [1.29, 1.82) is 0 Å². The summed E-state index contributed by atoms with van der Waals surface area (Å²) in [6.07, 6.45) is 0.463. The summed E-state index contributed by atoms with van der Waals surface area (Å²) < 4.78 is 18.2. The summed E-state index contributed by atoms with van der Waals surface area (Å²) in [5, 5.41) is 11.3. The number of hydrogen-bond donors (Lipinski definition) is 2. The Morgan fingerprint density at radius 1 is 1.29 bits per heavy atom. The third-order valence-corrected chi connectivity index (χ3v) is 2.91. The van der Waals surface area contributed by atoms with Gasteiger partial charge in [-0.1, -0.05) is 0 Å². The molecule has 0 saturated carbocycles. The number of carbonyl (C=O) groups is 2. The summed E-state index contributed by atoms with van der Waals surface area (Å²) in [6.45, 7) is 3.41. The lowest BCUT2D eigenvalue weighted by Crippen LogP contribution is -2.41. The molecule has 0 spiro atoms. The maximum atomic E-state index is 12.8. The standard InChI is InChI=1S/C15H20FNO4/c1-10(4-3-5-14(18)19)17-15(20)11(2)21-13-8-6-12(16)7-9-13/h6-11H,3-5H2,1-2H3,(H,17,20)(H,18,19). The Bertz CT molecular complexity index is 475. The van der Waals surface area contributed by atoms with E-state index in [1.165, 1.54) is 24.3 Å². The molecule has 21 heavy (non-hydrogen) atoms. The largest absolute Gasteiger partial charge is 0.481 e. The van der Waals surface area contributed by atoms with Crippen molar-refractivity contribution in [3.63, 3.8) is 0 Å². The molecule has 2 atom stereocenters. The predicted octanol–water partition coefficient (Wildman–Crippen LogP) is 2.35. The summed E-state index contributed by atoms with van der Waals surface area (Å²) in [5.74, 6) is -1.09. The maximum absolute atomic E-state index is 12.8. The molecule has 0 saturated heterocycles. The summed E-state index contributed by atoms with van der Waals surface area (Å²) in [6, 6.07) is 5.30. The van der Waals surface area contributed by atoms with Crippen molar-refractivity contribution in [2.75, 3.05) is 0 Å². The lowest BCUT2D eigenvalue weighted by atomic mass is 10.1. The molecular formula is C15H20FNO4. The van der Waals surface area contributed by atoms with Gasteiger partial charge in [-0.05, 0) is 51.0 Å². The van der Waals surface area contributed by atoms with Crippen molar-refractivity contribution in [3.05, 3.63) is 30.1 Å². The fraction of sp³-hybridized carbons (Fsp3) is 0.467. The van der Waals surface area contributed by atoms with E-state index in [0.29, 0.717) is 18.6 Å². The Balaban J connectivity index is 2.36. The van der Waals surface area contributed by atoms with E-state index in [2.05, 4.69) is 5.32 Å². The predicted molar refractivity (Wildman–Crippen MR) is 75.6 cm³/mol. The third-order valence-electron chi connectivity index (χ3n) is 2.91. The minimum atomic E-state index is -0.846. The number of carboxylic acid groups (broad SMARTS) is 1. The normalized spacial score (nSPS) is 13.3. The number of ether oxygens (including phenoxy) is 1. The van der Waals surface area contributed by atoms with E-state index in [1.807, 2.05) is 6.92 Å². The van der Waals surface area contributed by atoms with Gasteiger partial charge < -0.3 is 15.2 Å². The highest BCUT2D eigenvalue weighted by Gasteiger charge is 2.17. The smallest absolute Gasteiger partial charge is 0.303 e. The first-order valence-corrected chi connectivity index (χ1v) is 6.83. The number of amides is 1. The van der Waals surface area contributed by atoms with Crippen LogP contribution in [0.1, 0.15) is 33.1 Å². The minimum absolute atomic E-state index is 0.0852. The van der Waals surface area contributed by atoms with Crippen LogP contribution >= 0.6 is 0 Å². The van der Waals surface area contributed by atoms with Crippen LogP contribution < -0.4 is 10.1 Å². The number of benzene rings is 1. The van der Waals surface area contributed by atoms with Crippen LogP contribution in [-0.4, -0.2) is 29.1 Å². The Morgan fingerprint density at radius 3 is 2.48 bits per heavy atom. The molecule has 0 aliphatic rings. The first-order chi connectivity index (χ1) is 9.88. The highest BCUT2D eigenvalue weighted by Crippen LogP contribution is 2.13. The summed E-state index contributed by atoms with van der Waals surface area (Å²) in [4.78, 5) is 22.3. The highest BCUT2D eigenvalue weighted by atomic mass is 19.1. The minimum Gasteiger partial charge on any atom is -0.481 e. The van der Waals surface area contributed by atoms with Crippen molar-refractivity contribution in [2.45, 2.75) is 45.3 Å². The number of carboxylic acids is 1. The van der Waals surface area contributed by atoms with E-state index in [1.54, 1.807) is 6.92 Å². The van der Waals surface area contributed by atoms with Crippen molar-refractivity contribution >= 4 is 11.9 Å². The van der Waals surface area contributed by atoms with Gasteiger partial charge in [0, 0.05) is 12.5 Å². The SMILES string of the molecule is CC(CCCC(=O)O)NC(=O)C(C)Oc1ccc(F)cc1. The molecule has 116 valence electrons. The number of hydrogen-bond acceptors (Lipinski definition) is 3. The molecule has 0 aliphatic carbocycles. The molecular weight excluding hydrogens is 277 g/mol. The van der Waals surface area contributed by atoms with Gasteiger partial charge in [-0.2, -0.15) is 0 Å². The lowest BCUT2D eigenvalue weighted by Gasteiger charge is -2.18. The second-order valence-corrected chi connectivity index (χ2v) is 4.91. The van der Waals surface area contributed by atoms with Crippen molar-refractivity contribution in [1.82, 2.24) is 5.32 Å². The Labute approximate surface area is 123 Å². The summed E-state index contributed by atoms with van der Waals surface area (Å²) in [5.41, 5.74) is 0. The number of carbonyl (C=O) groups excluding carboxylic acids is 1. The summed E-state index contributed by atoms with van der Waals surface area (Å²) >= 11 is 0. The molecule has 6 heteroatoms. The van der Waals surface area contributed by atoms with Crippen LogP contribution in [0, 0.1) is 5.82 Å². The maximum Gasteiger partial charge on any atom is 0.303 e. The molecule has 1 rings (SSSR count). The molecule has 2 N–H and O–H groups in total. The van der Waals surface area contributed by atoms with Crippen LogP contribution in [-0.2, 0) is 9.59 Å². The van der Waals surface area contributed by atoms with Crippen molar-refractivity contribution < 1.29 is 23.8 Å². The Hall–Kier alpha value is -2.11. The van der Waals surface area contributed by atoms with E-state index in [4.69, 9.17) is 9.84 Å². The number of halogens is 1. The van der Waals surface area contributed by atoms with Crippen LogP contribution in [0.25, 0.3) is 0 Å². The van der Waals surface area contributed by atoms with E-state index in [-0.39, 0.29) is 24.2 Å². The van der Waals surface area contributed by atoms with Gasteiger partial charge in [-0.3, -0.25) is 9.59 Å². The average molecular weight is 297 g/mol. The molecule has 2 unspecified atom stereocenters. The van der Waals surface area contributed by atoms with Crippen molar-refractivity contribution in [3.8, 4) is 5.75 Å². The molecule has 0 radical (unpaired) electrons. The zero-order chi connectivity index (χ0) is 15.8. The van der Waals surface area contributed by atoms with Gasteiger partial charge >= 0.3 is 5.97 Å². The zero-order valence-corrected chi connectivity index (χ0v) is 12.1. The highest BCUT2D eigenvalue weighted by molar-refractivity contribution is 5.80. The first kappa shape index (κ1) is 16.9. The number of aliphatic carboxylic acids is 1. The van der Waals surface area contributed by atoms with E-state index < -0.39 is 12.1 Å². The average Bonchev–Trinajstić information content (AvgIpc) is 2.40. The van der Waals surface area contributed by atoms with Crippen LogP contribution in [0.15, 0.2) is 24.3 Å². The molecule has 0 bridgehead atoms. The Kier molecular flexibility index (Phi) is 6.65. The van der Waals surface area contributed by atoms with Gasteiger partial charge in [0.15, 0.2) is 6.10 Å². The monoisotopic (exact) mass is 297 g/mol. The quantitative estimate of drug-likeness (QED) is 0.772. The fourth-order valence-corrected chi connectivity index (χ4v) is 1.76. The molecule has 0 heterocycles. The molecule has 1 aromatic rings. The van der Waals surface area contributed by atoms with Crippen LogP contribution in [0.2, 0.25) is 0 Å².